The maximum atomic E-state index is 12.4. The van der Waals surface area contributed by atoms with Gasteiger partial charge in [0.1, 0.15) is 5.75 Å². The van der Waals surface area contributed by atoms with E-state index >= 15 is 0 Å². The molecule has 31 heavy (non-hydrogen) atoms. The van der Waals surface area contributed by atoms with Crippen LogP contribution in [0.4, 0.5) is 0 Å². The highest BCUT2D eigenvalue weighted by Gasteiger charge is 2.13. The van der Waals surface area contributed by atoms with Gasteiger partial charge in [-0.3, -0.25) is 9.79 Å². The number of rotatable bonds is 8. The number of hydrogen-bond acceptors (Lipinski definition) is 3. The Kier molecular flexibility index (Phi) is 10.1. The Labute approximate surface area is 202 Å². The van der Waals surface area contributed by atoms with Gasteiger partial charge >= 0.3 is 0 Å². The van der Waals surface area contributed by atoms with Crippen LogP contribution in [0.2, 0.25) is 0 Å². The van der Waals surface area contributed by atoms with E-state index in [0.29, 0.717) is 6.54 Å². The van der Waals surface area contributed by atoms with Crippen molar-refractivity contribution in [2.24, 2.45) is 4.99 Å². The number of halogens is 1. The van der Waals surface area contributed by atoms with Crippen LogP contribution in [-0.2, 0) is 19.4 Å². The molecule has 2 aromatic carbocycles. The minimum absolute atomic E-state index is 0. The Morgan fingerprint density at radius 2 is 1.77 bits per heavy atom. The predicted octanol–water partition coefficient (Wildman–Crippen LogP) is 3.63. The number of hydrogen-bond donors (Lipinski definition) is 2. The van der Waals surface area contributed by atoms with Crippen molar-refractivity contribution in [3.8, 4) is 5.75 Å². The van der Waals surface area contributed by atoms with Crippen LogP contribution in [-0.4, -0.2) is 50.1 Å². The minimum Gasteiger partial charge on any atom is -0.493 e. The Bertz CT molecular complexity index is 880. The van der Waals surface area contributed by atoms with Crippen molar-refractivity contribution in [1.82, 2.24) is 15.5 Å². The van der Waals surface area contributed by atoms with E-state index in [-0.39, 0.29) is 29.9 Å². The molecule has 0 spiro atoms. The molecule has 6 nitrogen and oxygen atoms in total. The van der Waals surface area contributed by atoms with Crippen molar-refractivity contribution in [2.45, 2.75) is 33.2 Å². The third kappa shape index (κ3) is 6.85. The Morgan fingerprint density at radius 1 is 1.06 bits per heavy atom. The number of benzene rings is 2. The van der Waals surface area contributed by atoms with Crippen molar-refractivity contribution in [3.05, 3.63) is 64.7 Å². The molecule has 0 radical (unpaired) electrons. The normalized spacial score (nSPS) is 12.4. The Hall–Kier alpha value is -2.29. The maximum absolute atomic E-state index is 12.4. The summed E-state index contributed by atoms with van der Waals surface area (Å²) < 4.78 is 5.57. The van der Waals surface area contributed by atoms with Gasteiger partial charge in [0.15, 0.2) is 5.96 Å². The van der Waals surface area contributed by atoms with E-state index in [1.165, 1.54) is 11.1 Å². The standard InChI is InChI=1S/C24H32N4O2.HI/c1-4-28(5-2)23(29)20-9-6-19(7-10-20)17-27-24(25-3)26-14-12-18-8-11-22-21(16-18)13-15-30-22;/h6-11,16H,4-5,12-15,17H2,1-3H3,(H2,25,26,27);1H. The van der Waals surface area contributed by atoms with Crippen molar-refractivity contribution in [3.63, 3.8) is 0 Å². The lowest BCUT2D eigenvalue weighted by atomic mass is 10.1. The molecule has 1 heterocycles. The minimum atomic E-state index is 0. The van der Waals surface area contributed by atoms with E-state index < -0.39 is 0 Å². The third-order valence-electron chi connectivity index (χ3n) is 5.40. The van der Waals surface area contributed by atoms with E-state index in [0.717, 1.165) is 61.9 Å². The zero-order valence-corrected chi connectivity index (χ0v) is 20.9. The molecule has 2 N–H and O–H groups in total. The second kappa shape index (κ2) is 12.5. The number of guanidine groups is 1. The lowest BCUT2D eigenvalue weighted by molar-refractivity contribution is 0.0773. The van der Waals surface area contributed by atoms with Crippen molar-refractivity contribution in [2.75, 3.05) is 33.3 Å². The Balaban J connectivity index is 0.00000341. The molecule has 1 aliphatic rings. The van der Waals surface area contributed by atoms with Crippen LogP contribution >= 0.6 is 24.0 Å². The number of nitrogens with one attached hydrogen (secondary N) is 2. The number of amides is 1. The molecule has 0 bridgehead atoms. The van der Waals surface area contributed by atoms with Crippen molar-refractivity contribution >= 4 is 35.8 Å². The van der Waals surface area contributed by atoms with Crippen LogP contribution < -0.4 is 15.4 Å². The first-order valence-electron chi connectivity index (χ1n) is 10.7. The van der Waals surface area contributed by atoms with Gasteiger partial charge in [0.05, 0.1) is 6.61 Å². The number of ether oxygens (including phenoxy) is 1. The number of carbonyl (C=O) groups excluding carboxylic acids is 1. The summed E-state index contributed by atoms with van der Waals surface area (Å²) >= 11 is 0. The van der Waals surface area contributed by atoms with Crippen LogP contribution in [0, 0.1) is 0 Å². The lowest BCUT2D eigenvalue weighted by Gasteiger charge is -2.18. The number of aliphatic imine (C=N–C) groups is 1. The molecule has 0 fully saturated rings. The second-order valence-electron chi connectivity index (χ2n) is 7.32. The molecule has 2 aromatic rings. The molecular weight excluding hydrogens is 503 g/mol. The first kappa shape index (κ1) is 25.0. The first-order chi connectivity index (χ1) is 14.6. The summed E-state index contributed by atoms with van der Waals surface area (Å²) in [5, 5.41) is 6.69. The fourth-order valence-corrected chi connectivity index (χ4v) is 3.59. The van der Waals surface area contributed by atoms with E-state index in [4.69, 9.17) is 4.74 Å². The summed E-state index contributed by atoms with van der Waals surface area (Å²) in [7, 11) is 1.77. The average Bonchev–Trinajstić information content (AvgIpc) is 3.25. The topological polar surface area (TPSA) is 66.0 Å². The van der Waals surface area contributed by atoms with Gasteiger partial charge in [0.25, 0.3) is 5.91 Å². The van der Waals surface area contributed by atoms with Gasteiger partial charge in [-0.15, -0.1) is 24.0 Å². The molecule has 7 heteroatoms. The van der Waals surface area contributed by atoms with Crippen LogP contribution in [0.1, 0.15) is 40.9 Å². The van der Waals surface area contributed by atoms with E-state index in [9.17, 15) is 4.79 Å². The monoisotopic (exact) mass is 536 g/mol. The molecule has 0 aliphatic carbocycles. The Morgan fingerprint density at radius 3 is 2.45 bits per heavy atom. The number of nitrogens with zero attached hydrogens (tertiary/aromatic N) is 2. The number of carbonyl (C=O) groups is 1. The highest BCUT2D eigenvalue weighted by Crippen LogP contribution is 2.25. The van der Waals surface area contributed by atoms with Gasteiger partial charge in [-0.05, 0) is 55.2 Å². The SMILES string of the molecule is CCN(CC)C(=O)c1ccc(CNC(=NC)NCCc2ccc3c(c2)CCO3)cc1.I. The van der Waals surface area contributed by atoms with Gasteiger partial charge in [0.2, 0.25) is 0 Å². The second-order valence-corrected chi connectivity index (χ2v) is 7.32. The summed E-state index contributed by atoms with van der Waals surface area (Å²) in [6.45, 7) is 7.68. The number of fused-ring (bicyclic) bond motifs is 1. The van der Waals surface area contributed by atoms with Gasteiger partial charge in [0, 0.05) is 45.2 Å². The van der Waals surface area contributed by atoms with Gasteiger partial charge in [-0.2, -0.15) is 0 Å². The quantitative estimate of drug-likeness (QED) is 0.307. The maximum Gasteiger partial charge on any atom is 0.253 e. The largest absolute Gasteiger partial charge is 0.493 e. The molecule has 0 unspecified atom stereocenters. The fraction of sp³-hybridized carbons (Fsp3) is 0.417. The molecular formula is C24H33IN4O2. The van der Waals surface area contributed by atoms with Gasteiger partial charge < -0.3 is 20.3 Å². The molecule has 0 saturated carbocycles. The zero-order chi connectivity index (χ0) is 21.3. The molecule has 168 valence electrons. The molecule has 3 rings (SSSR count). The zero-order valence-electron chi connectivity index (χ0n) is 18.6. The average molecular weight is 536 g/mol. The van der Waals surface area contributed by atoms with Gasteiger partial charge in [-0.1, -0.05) is 24.3 Å². The molecule has 1 amide bonds. The van der Waals surface area contributed by atoms with Crippen LogP contribution in [0.25, 0.3) is 0 Å². The van der Waals surface area contributed by atoms with E-state index in [2.05, 4.69) is 33.8 Å². The summed E-state index contributed by atoms with van der Waals surface area (Å²) in [6, 6.07) is 14.2. The first-order valence-corrected chi connectivity index (χ1v) is 10.7. The predicted molar refractivity (Wildman–Crippen MR) is 137 cm³/mol. The summed E-state index contributed by atoms with van der Waals surface area (Å²) in [6.07, 6.45) is 1.93. The summed E-state index contributed by atoms with van der Waals surface area (Å²) in [5.41, 5.74) is 4.44. The fourth-order valence-electron chi connectivity index (χ4n) is 3.59. The van der Waals surface area contributed by atoms with Gasteiger partial charge in [-0.25, -0.2) is 0 Å². The summed E-state index contributed by atoms with van der Waals surface area (Å²) in [5.74, 6) is 1.87. The van der Waals surface area contributed by atoms with Crippen molar-refractivity contribution in [1.29, 1.82) is 0 Å². The smallest absolute Gasteiger partial charge is 0.253 e. The third-order valence-corrected chi connectivity index (χ3v) is 5.40. The van der Waals surface area contributed by atoms with E-state index in [1.807, 2.05) is 43.0 Å². The van der Waals surface area contributed by atoms with E-state index in [1.54, 1.807) is 7.05 Å². The molecule has 0 aromatic heterocycles. The lowest BCUT2D eigenvalue weighted by Crippen LogP contribution is -2.37. The van der Waals surface area contributed by atoms with Crippen molar-refractivity contribution < 1.29 is 9.53 Å². The van der Waals surface area contributed by atoms with Crippen LogP contribution in [0.5, 0.6) is 5.75 Å². The molecule has 1 aliphatic heterocycles. The highest BCUT2D eigenvalue weighted by atomic mass is 127. The van der Waals surface area contributed by atoms with Crippen LogP contribution in [0.15, 0.2) is 47.5 Å². The van der Waals surface area contributed by atoms with Crippen LogP contribution in [0.3, 0.4) is 0 Å². The summed E-state index contributed by atoms with van der Waals surface area (Å²) in [4.78, 5) is 18.5. The molecule has 0 atom stereocenters. The molecule has 0 saturated heterocycles. The highest BCUT2D eigenvalue weighted by molar-refractivity contribution is 14.0.